The van der Waals surface area contributed by atoms with E-state index in [1.807, 2.05) is 24.3 Å². The zero-order valence-electron chi connectivity index (χ0n) is 13.4. The molecule has 0 aromatic heterocycles. The highest BCUT2D eigenvalue weighted by Gasteiger charge is 2.34. The summed E-state index contributed by atoms with van der Waals surface area (Å²) in [6.45, 7) is 13.0. The Balaban J connectivity index is 3.07. The fourth-order valence-electron chi connectivity index (χ4n) is 2.01. The fourth-order valence-corrected chi connectivity index (χ4v) is 2.01. The number of benzene rings is 1. The van der Waals surface area contributed by atoms with Crippen LogP contribution >= 0.6 is 0 Å². The monoisotopic (exact) mass is 277 g/mol. The van der Waals surface area contributed by atoms with E-state index in [4.69, 9.17) is 0 Å². The zero-order valence-corrected chi connectivity index (χ0v) is 13.4. The second-order valence-electron chi connectivity index (χ2n) is 7.03. The molecule has 1 aromatic carbocycles. The lowest BCUT2D eigenvalue weighted by atomic mass is 9.84. The molecule has 0 radical (unpaired) electrons. The minimum absolute atomic E-state index is 0.0729. The van der Waals surface area contributed by atoms with E-state index in [1.165, 1.54) is 5.56 Å². The standard InChI is InChI=1S/C17H27NO2/c1-12(2)11-18-17(6,15(19)20)14-9-7-13(8-10-14)16(3,4)5/h7-10,12,18H,11H2,1-6H3,(H,19,20). The van der Waals surface area contributed by atoms with Gasteiger partial charge in [0, 0.05) is 0 Å². The van der Waals surface area contributed by atoms with E-state index in [1.54, 1.807) is 6.92 Å². The highest BCUT2D eigenvalue weighted by molar-refractivity contribution is 5.80. The molecule has 0 aliphatic rings. The third kappa shape index (κ3) is 3.83. The summed E-state index contributed by atoms with van der Waals surface area (Å²) in [5.74, 6) is -0.441. The third-order valence-corrected chi connectivity index (χ3v) is 3.62. The normalized spacial score (nSPS) is 15.2. The van der Waals surface area contributed by atoms with Crippen molar-refractivity contribution in [3.63, 3.8) is 0 Å². The number of hydrogen-bond donors (Lipinski definition) is 2. The molecule has 1 rings (SSSR count). The van der Waals surface area contributed by atoms with Crippen LogP contribution in [0.1, 0.15) is 52.7 Å². The van der Waals surface area contributed by atoms with Gasteiger partial charge in [0.1, 0.15) is 5.54 Å². The van der Waals surface area contributed by atoms with Crippen LogP contribution in [0.2, 0.25) is 0 Å². The van der Waals surface area contributed by atoms with Gasteiger partial charge in [-0.1, -0.05) is 58.9 Å². The average Bonchev–Trinajstić information content (AvgIpc) is 2.34. The molecule has 0 fully saturated rings. The van der Waals surface area contributed by atoms with Gasteiger partial charge in [0.2, 0.25) is 0 Å². The molecule has 0 heterocycles. The second kappa shape index (κ2) is 5.96. The Morgan fingerprint density at radius 1 is 1.10 bits per heavy atom. The van der Waals surface area contributed by atoms with Crippen molar-refractivity contribution in [1.82, 2.24) is 5.32 Å². The van der Waals surface area contributed by atoms with E-state index < -0.39 is 11.5 Å². The molecule has 0 aliphatic heterocycles. The maximum absolute atomic E-state index is 11.7. The number of nitrogens with one attached hydrogen (secondary N) is 1. The number of aliphatic carboxylic acids is 1. The molecule has 3 nitrogen and oxygen atoms in total. The molecule has 0 saturated carbocycles. The Bertz CT molecular complexity index is 457. The van der Waals surface area contributed by atoms with Crippen molar-refractivity contribution >= 4 is 5.97 Å². The van der Waals surface area contributed by atoms with Gasteiger partial charge in [0.15, 0.2) is 0 Å². The lowest BCUT2D eigenvalue weighted by Gasteiger charge is -2.29. The van der Waals surface area contributed by atoms with E-state index in [2.05, 4.69) is 39.9 Å². The maximum atomic E-state index is 11.7. The highest BCUT2D eigenvalue weighted by atomic mass is 16.4. The Morgan fingerprint density at radius 2 is 1.55 bits per heavy atom. The average molecular weight is 277 g/mol. The Hall–Kier alpha value is -1.35. The van der Waals surface area contributed by atoms with Gasteiger partial charge in [-0.15, -0.1) is 0 Å². The van der Waals surface area contributed by atoms with E-state index >= 15 is 0 Å². The quantitative estimate of drug-likeness (QED) is 0.865. The summed E-state index contributed by atoms with van der Waals surface area (Å²) in [5, 5.41) is 12.7. The molecule has 112 valence electrons. The largest absolute Gasteiger partial charge is 0.480 e. The first kappa shape index (κ1) is 16.7. The van der Waals surface area contributed by atoms with Gasteiger partial charge in [-0.05, 0) is 35.9 Å². The Kier molecular flexibility index (Phi) is 4.98. The van der Waals surface area contributed by atoms with Crippen LogP contribution in [0.25, 0.3) is 0 Å². The third-order valence-electron chi connectivity index (χ3n) is 3.62. The smallest absolute Gasteiger partial charge is 0.328 e. The van der Waals surface area contributed by atoms with E-state index in [0.717, 1.165) is 5.56 Å². The molecule has 0 bridgehead atoms. The number of carboxylic acid groups (broad SMARTS) is 1. The van der Waals surface area contributed by atoms with Crippen molar-refractivity contribution in [3.05, 3.63) is 35.4 Å². The van der Waals surface area contributed by atoms with Crippen LogP contribution in [0.4, 0.5) is 0 Å². The van der Waals surface area contributed by atoms with Crippen molar-refractivity contribution in [2.24, 2.45) is 5.92 Å². The van der Waals surface area contributed by atoms with E-state index in [0.29, 0.717) is 12.5 Å². The first-order valence-corrected chi connectivity index (χ1v) is 7.17. The van der Waals surface area contributed by atoms with Gasteiger partial charge in [0.05, 0.1) is 0 Å². The molecule has 1 atom stereocenters. The van der Waals surface area contributed by atoms with Gasteiger partial charge in [0.25, 0.3) is 0 Å². The van der Waals surface area contributed by atoms with Gasteiger partial charge in [-0.2, -0.15) is 0 Å². The van der Waals surface area contributed by atoms with Crippen LogP contribution in [0, 0.1) is 5.92 Å². The number of carbonyl (C=O) groups is 1. The van der Waals surface area contributed by atoms with Crippen molar-refractivity contribution in [3.8, 4) is 0 Å². The number of carboxylic acids is 1. The summed E-state index contributed by atoms with van der Waals surface area (Å²) >= 11 is 0. The Labute approximate surface area is 122 Å². The lowest BCUT2D eigenvalue weighted by Crippen LogP contribution is -2.48. The molecule has 3 heteroatoms. The van der Waals surface area contributed by atoms with Crippen molar-refractivity contribution < 1.29 is 9.90 Å². The Morgan fingerprint density at radius 3 is 1.90 bits per heavy atom. The molecule has 1 unspecified atom stereocenters. The molecule has 0 spiro atoms. The lowest BCUT2D eigenvalue weighted by molar-refractivity contribution is -0.144. The first-order valence-electron chi connectivity index (χ1n) is 7.17. The van der Waals surface area contributed by atoms with Crippen molar-refractivity contribution in [2.75, 3.05) is 6.54 Å². The maximum Gasteiger partial charge on any atom is 0.328 e. The van der Waals surface area contributed by atoms with Gasteiger partial charge >= 0.3 is 5.97 Å². The molecule has 1 aromatic rings. The predicted octanol–water partition coefficient (Wildman–Crippen LogP) is 3.53. The van der Waals surface area contributed by atoms with Crippen molar-refractivity contribution in [2.45, 2.75) is 52.5 Å². The molecule has 0 aliphatic carbocycles. The topological polar surface area (TPSA) is 49.3 Å². The van der Waals surface area contributed by atoms with Crippen LogP contribution < -0.4 is 5.32 Å². The zero-order chi connectivity index (χ0) is 15.6. The van der Waals surface area contributed by atoms with Crippen LogP contribution in [-0.2, 0) is 15.7 Å². The van der Waals surface area contributed by atoms with Crippen LogP contribution in [0.5, 0.6) is 0 Å². The van der Waals surface area contributed by atoms with E-state index in [-0.39, 0.29) is 5.41 Å². The summed E-state index contributed by atoms with van der Waals surface area (Å²) in [5.41, 5.74) is 1.03. The molecular formula is C17H27NO2. The minimum Gasteiger partial charge on any atom is -0.480 e. The molecule has 2 N–H and O–H groups in total. The van der Waals surface area contributed by atoms with Gasteiger partial charge < -0.3 is 5.11 Å². The fraction of sp³-hybridized carbons (Fsp3) is 0.588. The van der Waals surface area contributed by atoms with Gasteiger partial charge in [-0.25, -0.2) is 4.79 Å². The van der Waals surface area contributed by atoms with E-state index in [9.17, 15) is 9.90 Å². The second-order valence-corrected chi connectivity index (χ2v) is 7.03. The SMILES string of the molecule is CC(C)CNC(C)(C(=O)O)c1ccc(C(C)(C)C)cc1. The minimum atomic E-state index is -1.04. The molecule has 0 amide bonds. The van der Waals surface area contributed by atoms with Crippen molar-refractivity contribution in [1.29, 1.82) is 0 Å². The highest BCUT2D eigenvalue weighted by Crippen LogP contribution is 2.26. The van der Waals surface area contributed by atoms with Crippen LogP contribution in [-0.4, -0.2) is 17.6 Å². The summed E-state index contributed by atoms with van der Waals surface area (Å²) in [4.78, 5) is 11.7. The number of hydrogen-bond acceptors (Lipinski definition) is 2. The van der Waals surface area contributed by atoms with Crippen LogP contribution in [0.3, 0.4) is 0 Å². The molecule has 0 saturated heterocycles. The summed E-state index contributed by atoms with van der Waals surface area (Å²) in [6, 6.07) is 7.88. The first-order chi connectivity index (χ1) is 9.07. The van der Waals surface area contributed by atoms with Crippen LogP contribution in [0.15, 0.2) is 24.3 Å². The molecule has 20 heavy (non-hydrogen) atoms. The summed E-state index contributed by atoms with van der Waals surface area (Å²) in [7, 11) is 0. The predicted molar refractivity (Wildman–Crippen MR) is 83.0 cm³/mol. The van der Waals surface area contributed by atoms with Gasteiger partial charge in [-0.3, -0.25) is 5.32 Å². The number of rotatable bonds is 5. The summed E-state index contributed by atoms with van der Waals surface area (Å²) in [6.07, 6.45) is 0. The molecular weight excluding hydrogens is 250 g/mol. The summed E-state index contributed by atoms with van der Waals surface area (Å²) < 4.78 is 0.